The van der Waals surface area contributed by atoms with E-state index in [1.807, 2.05) is 0 Å². The number of ether oxygens (including phenoxy) is 1. The minimum absolute atomic E-state index is 0.0927. The topological polar surface area (TPSA) is 89.5 Å². The highest BCUT2D eigenvalue weighted by atomic mass is 32.2. The van der Waals surface area contributed by atoms with Crippen LogP contribution >= 0.6 is 0 Å². The molecule has 0 spiro atoms. The van der Waals surface area contributed by atoms with Crippen LogP contribution in [0.1, 0.15) is 12.0 Å². The summed E-state index contributed by atoms with van der Waals surface area (Å²) in [5, 5.41) is 2.28. The van der Waals surface area contributed by atoms with E-state index in [9.17, 15) is 31.2 Å². The monoisotopic (exact) mass is 365 g/mol. The van der Waals surface area contributed by atoms with Gasteiger partial charge in [-0.2, -0.15) is 13.2 Å². The van der Waals surface area contributed by atoms with Crippen LogP contribution in [0, 0.1) is 5.92 Å². The van der Waals surface area contributed by atoms with Crippen LogP contribution in [0.15, 0.2) is 24.3 Å². The van der Waals surface area contributed by atoms with E-state index in [2.05, 4.69) is 5.32 Å². The molecule has 0 aliphatic carbocycles. The zero-order chi connectivity index (χ0) is 18.0. The Morgan fingerprint density at radius 3 is 2.33 bits per heavy atom. The third-order valence-corrected chi connectivity index (χ3v) is 5.18. The van der Waals surface area contributed by atoms with Crippen molar-refractivity contribution in [1.82, 2.24) is 0 Å². The molecule has 1 fully saturated rings. The van der Waals surface area contributed by atoms with Gasteiger partial charge in [0.1, 0.15) is 0 Å². The van der Waals surface area contributed by atoms with Crippen molar-refractivity contribution in [2.45, 2.75) is 12.6 Å². The van der Waals surface area contributed by atoms with Crippen molar-refractivity contribution < 1.29 is 35.9 Å². The molecular weight excluding hydrogens is 351 g/mol. The second-order valence-corrected chi connectivity index (χ2v) is 7.56. The molecule has 1 aliphatic heterocycles. The molecule has 1 saturated heterocycles. The van der Waals surface area contributed by atoms with Gasteiger partial charge in [-0.3, -0.25) is 9.59 Å². The predicted molar refractivity (Wildman–Crippen MR) is 77.8 cm³/mol. The highest BCUT2D eigenvalue weighted by Crippen LogP contribution is 2.29. The van der Waals surface area contributed by atoms with E-state index in [0.29, 0.717) is 0 Å². The zero-order valence-electron chi connectivity index (χ0n) is 12.3. The Balaban J connectivity index is 1.82. The average molecular weight is 365 g/mol. The molecule has 0 aromatic heterocycles. The molecule has 1 unspecified atom stereocenters. The summed E-state index contributed by atoms with van der Waals surface area (Å²) in [6.07, 6.45) is -4.32. The number of anilines is 1. The van der Waals surface area contributed by atoms with Crippen molar-refractivity contribution in [2.24, 2.45) is 5.92 Å². The van der Waals surface area contributed by atoms with Gasteiger partial charge in [0.25, 0.3) is 5.91 Å². The second-order valence-electron chi connectivity index (χ2n) is 5.33. The summed E-state index contributed by atoms with van der Waals surface area (Å²) in [7, 11) is -3.24. The molecule has 10 heteroatoms. The Morgan fingerprint density at radius 1 is 1.21 bits per heavy atom. The zero-order valence-corrected chi connectivity index (χ0v) is 13.1. The number of sulfone groups is 1. The van der Waals surface area contributed by atoms with Crippen LogP contribution in [0.3, 0.4) is 0 Å². The largest absolute Gasteiger partial charge is 0.455 e. The van der Waals surface area contributed by atoms with Gasteiger partial charge in [-0.05, 0) is 30.7 Å². The van der Waals surface area contributed by atoms with Crippen molar-refractivity contribution in [1.29, 1.82) is 0 Å². The Labute approximate surface area is 135 Å². The van der Waals surface area contributed by atoms with Crippen molar-refractivity contribution in [2.75, 3.05) is 23.4 Å². The number of hydrogen-bond acceptors (Lipinski definition) is 5. The molecule has 1 aromatic carbocycles. The molecule has 0 saturated carbocycles. The highest BCUT2D eigenvalue weighted by molar-refractivity contribution is 7.91. The SMILES string of the molecule is O=C(COC(=O)C1CCS(=O)(=O)C1)Nc1ccc(C(F)(F)F)cc1. The van der Waals surface area contributed by atoms with Crippen LogP contribution in [-0.4, -0.2) is 38.4 Å². The molecule has 132 valence electrons. The molecule has 1 amide bonds. The summed E-state index contributed by atoms with van der Waals surface area (Å²) in [6.45, 7) is -0.642. The summed E-state index contributed by atoms with van der Waals surface area (Å²) in [6, 6.07) is 3.77. The maximum atomic E-state index is 12.4. The summed E-state index contributed by atoms with van der Waals surface area (Å²) >= 11 is 0. The first kappa shape index (κ1) is 18.2. The Bertz CT molecular complexity index is 728. The van der Waals surface area contributed by atoms with Crippen LogP contribution in [0.25, 0.3) is 0 Å². The number of carbonyl (C=O) groups excluding carboxylic acids is 2. The molecule has 0 bridgehead atoms. The highest BCUT2D eigenvalue weighted by Gasteiger charge is 2.34. The predicted octanol–water partition coefficient (Wildman–Crippen LogP) is 1.62. The van der Waals surface area contributed by atoms with Gasteiger partial charge >= 0.3 is 12.1 Å². The van der Waals surface area contributed by atoms with E-state index in [4.69, 9.17) is 4.74 Å². The Kier molecular flexibility index (Phi) is 5.16. The first-order valence-electron chi connectivity index (χ1n) is 6.91. The van der Waals surface area contributed by atoms with Gasteiger partial charge in [0, 0.05) is 5.69 Å². The fourth-order valence-electron chi connectivity index (χ4n) is 2.18. The number of carbonyl (C=O) groups is 2. The van der Waals surface area contributed by atoms with Crippen LogP contribution in [0.5, 0.6) is 0 Å². The van der Waals surface area contributed by atoms with Gasteiger partial charge in [0.05, 0.1) is 23.0 Å². The molecule has 1 aromatic rings. The van der Waals surface area contributed by atoms with E-state index in [-0.39, 0.29) is 23.6 Å². The van der Waals surface area contributed by atoms with Crippen molar-refractivity contribution >= 4 is 27.4 Å². The number of nitrogens with one attached hydrogen (secondary N) is 1. The number of alkyl halides is 3. The average Bonchev–Trinajstić information content (AvgIpc) is 2.85. The number of benzene rings is 1. The number of rotatable bonds is 4. The third kappa shape index (κ3) is 4.95. The maximum Gasteiger partial charge on any atom is 0.416 e. The van der Waals surface area contributed by atoms with E-state index < -0.39 is 46.0 Å². The molecule has 6 nitrogen and oxygen atoms in total. The summed E-state index contributed by atoms with van der Waals surface area (Å²) in [5.41, 5.74) is -0.734. The summed E-state index contributed by atoms with van der Waals surface area (Å²) < 4.78 is 64.5. The maximum absolute atomic E-state index is 12.4. The van der Waals surface area contributed by atoms with E-state index in [0.717, 1.165) is 24.3 Å². The van der Waals surface area contributed by atoms with Gasteiger partial charge < -0.3 is 10.1 Å². The second kappa shape index (κ2) is 6.80. The molecule has 24 heavy (non-hydrogen) atoms. The molecular formula is C14H14F3NO5S. The number of amides is 1. The number of halogens is 3. The fraction of sp³-hybridized carbons (Fsp3) is 0.429. The van der Waals surface area contributed by atoms with Gasteiger partial charge in [-0.15, -0.1) is 0 Å². The number of hydrogen-bond donors (Lipinski definition) is 1. The van der Waals surface area contributed by atoms with Crippen molar-refractivity contribution in [3.05, 3.63) is 29.8 Å². The minimum atomic E-state index is -4.47. The first-order chi connectivity index (χ1) is 11.1. The van der Waals surface area contributed by atoms with Crippen LogP contribution in [0.4, 0.5) is 18.9 Å². The lowest BCUT2D eigenvalue weighted by Gasteiger charge is -2.10. The normalized spacial score (nSPS) is 19.7. The van der Waals surface area contributed by atoms with Crippen LogP contribution < -0.4 is 5.32 Å². The Morgan fingerprint density at radius 2 is 1.83 bits per heavy atom. The minimum Gasteiger partial charge on any atom is -0.455 e. The lowest BCUT2D eigenvalue weighted by molar-refractivity contribution is -0.150. The molecule has 1 aliphatic rings. The summed E-state index contributed by atoms with van der Waals surface area (Å²) in [4.78, 5) is 23.3. The molecule has 1 atom stereocenters. The van der Waals surface area contributed by atoms with Gasteiger partial charge in [-0.25, -0.2) is 8.42 Å². The first-order valence-corrected chi connectivity index (χ1v) is 8.73. The van der Waals surface area contributed by atoms with Crippen LogP contribution in [-0.2, 0) is 30.3 Å². The van der Waals surface area contributed by atoms with E-state index >= 15 is 0 Å². The third-order valence-electron chi connectivity index (χ3n) is 3.41. The van der Waals surface area contributed by atoms with Crippen molar-refractivity contribution in [3.63, 3.8) is 0 Å². The lowest BCUT2D eigenvalue weighted by Crippen LogP contribution is -2.25. The summed E-state index contributed by atoms with van der Waals surface area (Å²) in [5.74, 6) is -2.69. The number of esters is 1. The molecule has 1 heterocycles. The van der Waals surface area contributed by atoms with E-state index in [1.54, 1.807) is 0 Å². The molecule has 0 radical (unpaired) electrons. The van der Waals surface area contributed by atoms with Gasteiger partial charge in [-0.1, -0.05) is 0 Å². The van der Waals surface area contributed by atoms with Gasteiger partial charge in [0.2, 0.25) is 0 Å². The Hall–Kier alpha value is -2.10. The van der Waals surface area contributed by atoms with Crippen LogP contribution in [0.2, 0.25) is 0 Å². The fourth-order valence-corrected chi connectivity index (χ4v) is 3.90. The quantitative estimate of drug-likeness (QED) is 0.819. The smallest absolute Gasteiger partial charge is 0.416 e. The molecule has 2 rings (SSSR count). The lowest BCUT2D eigenvalue weighted by atomic mass is 10.1. The van der Waals surface area contributed by atoms with Gasteiger partial charge in [0.15, 0.2) is 16.4 Å². The van der Waals surface area contributed by atoms with E-state index in [1.165, 1.54) is 0 Å². The molecule has 1 N–H and O–H groups in total. The van der Waals surface area contributed by atoms with Crippen molar-refractivity contribution in [3.8, 4) is 0 Å². The standard InChI is InChI=1S/C14H14F3NO5S/c15-14(16,17)10-1-3-11(4-2-10)18-12(19)7-23-13(20)9-5-6-24(21,22)8-9/h1-4,9H,5-8H2,(H,18,19).